The fourth-order valence-corrected chi connectivity index (χ4v) is 2.57. The summed E-state index contributed by atoms with van der Waals surface area (Å²) in [6, 6.07) is 13.4. The van der Waals surface area contributed by atoms with E-state index in [1.165, 1.54) is 6.20 Å². The fourth-order valence-electron chi connectivity index (χ4n) is 2.57. The molecule has 0 spiro atoms. The van der Waals surface area contributed by atoms with Crippen molar-refractivity contribution in [2.75, 3.05) is 11.1 Å². The number of phenolic OH excluding ortho intramolecular Hbond substituents is 1. The van der Waals surface area contributed by atoms with Crippen LogP contribution in [0.25, 0.3) is 22.4 Å². The number of rotatable bonds is 3. The topological polar surface area (TPSA) is 130 Å². The molecule has 0 bridgehead atoms. The number of benzene rings is 2. The number of para-hydroxylation sites is 1. The summed E-state index contributed by atoms with van der Waals surface area (Å²) in [5.41, 5.74) is 8.37. The van der Waals surface area contributed by atoms with Gasteiger partial charge in [-0.3, -0.25) is 9.89 Å². The van der Waals surface area contributed by atoms with E-state index in [0.29, 0.717) is 39.5 Å². The number of H-pyrrole nitrogens is 1. The van der Waals surface area contributed by atoms with Crippen molar-refractivity contribution in [2.24, 2.45) is 0 Å². The van der Waals surface area contributed by atoms with Gasteiger partial charge in [0.15, 0.2) is 11.3 Å². The maximum absolute atomic E-state index is 12.4. The van der Waals surface area contributed by atoms with Gasteiger partial charge in [0.2, 0.25) is 5.65 Å². The van der Waals surface area contributed by atoms with Gasteiger partial charge in [-0.2, -0.15) is 5.10 Å². The monoisotopic (exact) mass is 346 g/mol. The normalized spacial score (nSPS) is 10.8. The van der Waals surface area contributed by atoms with Gasteiger partial charge in [0, 0.05) is 16.8 Å². The van der Waals surface area contributed by atoms with Crippen molar-refractivity contribution in [1.82, 2.24) is 20.2 Å². The van der Waals surface area contributed by atoms with Crippen LogP contribution in [0.1, 0.15) is 10.4 Å². The molecule has 0 aliphatic heterocycles. The van der Waals surface area contributed by atoms with E-state index in [2.05, 4.69) is 25.5 Å². The van der Waals surface area contributed by atoms with Crippen molar-refractivity contribution in [3.05, 3.63) is 60.3 Å². The van der Waals surface area contributed by atoms with Crippen molar-refractivity contribution in [3.8, 4) is 17.0 Å². The van der Waals surface area contributed by atoms with Crippen LogP contribution in [-0.4, -0.2) is 31.2 Å². The molecule has 26 heavy (non-hydrogen) atoms. The molecule has 0 saturated heterocycles. The van der Waals surface area contributed by atoms with Gasteiger partial charge < -0.3 is 16.2 Å². The SMILES string of the molecule is Nc1cccc(C(=O)Nc2[nH]nc3ncc(-c4ccccc4O)nc23)c1. The Bertz CT molecular complexity index is 1120. The lowest BCUT2D eigenvalue weighted by Gasteiger charge is -2.05. The zero-order chi connectivity index (χ0) is 18.1. The zero-order valence-corrected chi connectivity index (χ0v) is 13.5. The first-order valence-electron chi connectivity index (χ1n) is 7.78. The van der Waals surface area contributed by atoms with Crippen molar-refractivity contribution in [2.45, 2.75) is 0 Å². The summed E-state index contributed by atoms with van der Waals surface area (Å²) in [5.74, 6) is 0.0600. The Kier molecular flexibility index (Phi) is 3.70. The number of phenols is 1. The summed E-state index contributed by atoms with van der Waals surface area (Å²) in [5, 5.41) is 19.5. The predicted octanol–water partition coefficient (Wildman–Crippen LogP) is 2.56. The number of nitrogen functional groups attached to an aromatic ring is 1. The summed E-state index contributed by atoms with van der Waals surface area (Å²) in [6.45, 7) is 0. The van der Waals surface area contributed by atoms with Gasteiger partial charge in [0.1, 0.15) is 5.75 Å². The fraction of sp³-hybridized carbons (Fsp3) is 0. The second kappa shape index (κ2) is 6.17. The number of nitrogens with zero attached hydrogens (tertiary/aromatic N) is 3. The van der Waals surface area contributed by atoms with Gasteiger partial charge in [0.25, 0.3) is 5.91 Å². The molecule has 1 amide bonds. The Morgan fingerprint density at radius 2 is 2.00 bits per heavy atom. The van der Waals surface area contributed by atoms with E-state index in [-0.39, 0.29) is 11.7 Å². The highest BCUT2D eigenvalue weighted by Gasteiger charge is 2.15. The predicted molar refractivity (Wildman–Crippen MR) is 97.6 cm³/mol. The average molecular weight is 346 g/mol. The van der Waals surface area contributed by atoms with Gasteiger partial charge in [-0.05, 0) is 30.3 Å². The Morgan fingerprint density at radius 3 is 2.81 bits per heavy atom. The first-order chi connectivity index (χ1) is 12.6. The Morgan fingerprint density at radius 1 is 1.15 bits per heavy atom. The van der Waals surface area contributed by atoms with Gasteiger partial charge in [0.05, 0.1) is 11.9 Å². The molecule has 8 heteroatoms. The van der Waals surface area contributed by atoms with E-state index < -0.39 is 0 Å². The van der Waals surface area contributed by atoms with Gasteiger partial charge in [-0.25, -0.2) is 9.97 Å². The molecule has 2 aromatic heterocycles. The third-order valence-electron chi connectivity index (χ3n) is 3.83. The number of aromatic amines is 1. The third kappa shape index (κ3) is 2.80. The van der Waals surface area contributed by atoms with E-state index in [0.717, 1.165) is 0 Å². The van der Waals surface area contributed by atoms with Crippen LogP contribution in [0.3, 0.4) is 0 Å². The van der Waals surface area contributed by atoms with E-state index >= 15 is 0 Å². The van der Waals surface area contributed by atoms with Crippen molar-refractivity contribution < 1.29 is 9.90 Å². The van der Waals surface area contributed by atoms with Crippen LogP contribution in [0, 0.1) is 0 Å². The van der Waals surface area contributed by atoms with E-state index in [1.54, 1.807) is 48.5 Å². The minimum absolute atomic E-state index is 0.0926. The number of fused-ring (bicyclic) bond motifs is 1. The average Bonchev–Trinajstić information content (AvgIpc) is 3.04. The molecule has 0 aliphatic carbocycles. The Balaban J connectivity index is 1.71. The molecule has 0 aliphatic rings. The number of nitrogens with one attached hydrogen (secondary N) is 2. The molecule has 0 fully saturated rings. The molecule has 0 unspecified atom stereocenters. The van der Waals surface area contributed by atoms with Crippen LogP contribution in [0.2, 0.25) is 0 Å². The van der Waals surface area contributed by atoms with Crippen LogP contribution >= 0.6 is 0 Å². The molecular formula is C18H14N6O2. The standard InChI is InChI=1S/C18H14N6O2/c19-11-5-3-4-10(8-11)18(26)22-17-15-16(23-24-17)20-9-13(21-15)12-6-1-2-7-14(12)25/h1-9,25H,19H2,(H2,20,22,23,24,26). The summed E-state index contributed by atoms with van der Waals surface area (Å²) in [7, 11) is 0. The molecule has 2 aromatic carbocycles. The van der Waals surface area contributed by atoms with Crippen molar-refractivity contribution >= 4 is 28.6 Å². The zero-order valence-electron chi connectivity index (χ0n) is 13.5. The molecule has 2 heterocycles. The smallest absolute Gasteiger partial charge is 0.256 e. The van der Waals surface area contributed by atoms with E-state index in [9.17, 15) is 9.90 Å². The maximum atomic E-state index is 12.4. The second-order valence-electron chi connectivity index (χ2n) is 5.62. The molecular weight excluding hydrogens is 332 g/mol. The molecule has 5 N–H and O–H groups in total. The second-order valence-corrected chi connectivity index (χ2v) is 5.62. The van der Waals surface area contributed by atoms with Crippen LogP contribution in [-0.2, 0) is 0 Å². The molecule has 4 aromatic rings. The molecule has 128 valence electrons. The van der Waals surface area contributed by atoms with Crippen LogP contribution < -0.4 is 11.1 Å². The van der Waals surface area contributed by atoms with Crippen molar-refractivity contribution in [3.63, 3.8) is 0 Å². The number of aromatic hydroxyl groups is 1. The number of nitrogens with two attached hydrogens (primary N) is 1. The molecule has 8 nitrogen and oxygen atoms in total. The minimum Gasteiger partial charge on any atom is -0.507 e. The number of amides is 1. The molecule has 0 saturated carbocycles. The Hall–Kier alpha value is -3.94. The minimum atomic E-state index is -0.349. The van der Waals surface area contributed by atoms with E-state index in [1.807, 2.05) is 0 Å². The number of carbonyl (C=O) groups is 1. The maximum Gasteiger partial charge on any atom is 0.256 e. The highest BCUT2D eigenvalue weighted by atomic mass is 16.3. The number of carbonyl (C=O) groups excluding carboxylic acids is 1. The van der Waals surface area contributed by atoms with Crippen LogP contribution in [0.15, 0.2) is 54.7 Å². The van der Waals surface area contributed by atoms with E-state index in [4.69, 9.17) is 5.73 Å². The lowest BCUT2D eigenvalue weighted by Crippen LogP contribution is -2.12. The largest absolute Gasteiger partial charge is 0.507 e. The van der Waals surface area contributed by atoms with Crippen molar-refractivity contribution in [1.29, 1.82) is 0 Å². The molecule has 0 atom stereocenters. The number of hydrogen-bond acceptors (Lipinski definition) is 6. The summed E-state index contributed by atoms with van der Waals surface area (Å²) in [6.07, 6.45) is 1.52. The molecule has 0 radical (unpaired) electrons. The summed E-state index contributed by atoms with van der Waals surface area (Å²) < 4.78 is 0. The highest BCUT2D eigenvalue weighted by Crippen LogP contribution is 2.28. The number of anilines is 2. The molecule has 4 rings (SSSR count). The van der Waals surface area contributed by atoms with Gasteiger partial charge >= 0.3 is 0 Å². The highest BCUT2D eigenvalue weighted by molar-refractivity contribution is 6.07. The number of aromatic nitrogens is 4. The lowest BCUT2D eigenvalue weighted by atomic mass is 10.1. The van der Waals surface area contributed by atoms with Gasteiger partial charge in [-0.15, -0.1) is 0 Å². The van der Waals surface area contributed by atoms with Crippen LogP contribution in [0.4, 0.5) is 11.5 Å². The quantitative estimate of drug-likeness (QED) is 0.422. The Labute approximate surface area is 147 Å². The summed E-state index contributed by atoms with van der Waals surface area (Å²) in [4.78, 5) is 21.1. The first-order valence-corrected chi connectivity index (χ1v) is 7.78. The first kappa shape index (κ1) is 15.6. The summed E-state index contributed by atoms with van der Waals surface area (Å²) >= 11 is 0. The van der Waals surface area contributed by atoms with Crippen LogP contribution in [0.5, 0.6) is 5.75 Å². The van der Waals surface area contributed by atoms with Gasteiger partial charge in [-0.1, -0.05) is 18.2 Å². The third-order valence-corrected chi connectivity index (χ3v) is 3.83. The number of hydrogen-bond donors (Lipinski definition) is 4. The lowest BCUT2D eigenvalue weighted by molar-refractivity contribution is 0.102.